The molecule has 0 aliphatic carbocycles. The summed E-state index contributed by atoms with van der Waals surface area (Å²) in [6, 6.07) is 7.03. The van der Waals surface area contributed by atoms with E-state index >= 15 is 0 Å². The van der Waals surface area contributed by atoms with Crippen LogP contribution in [0.3, 0.4) is 0 Å². The van der Waals surface area contributed by atoms with E-state index in [0.29, 0.717) is 23.7 Å². The van der Waals surface area contributed by atoms with E-state index in [-0.39, 0.29) is 23.5 Å². The highest BCUT2D eigenvalue weighted by atomic mass is 35.5. The van der Waals surface area contributed by atoms with Crippen molar-refractivity contribution in [2.24, 2.45) is 0 Å². The Bertz CT molecular complexity index is 970. The van der Waals surface area contributed by atoms with Gasteiger partial charge in [0.1, 0.15) is 0 Å². The van der Waals surface area contributed by atoms with E-state index in [4.69, 9.17) is 11.6 Å². The molecule has 0 radical (unpaired) electrons. The summed E-state index contributed by atoms with van der Waals surface area (Å²) >= 11 is 6.16. The van der Waals surface area contributed by atoms with Crippen molar-refractivity contribution >= 4 is 28.6 Å². The van der Waals surface area contributed by atoms with Crippen molar-refractivity contribution in [2.75, 3.05) is 31.5 Å². The Morgan fingerprint density at radius 2 is 1.86 bits per heavy atom. The van der Waals surface area contributed by atoms with Gasteiger partial charge in [-0.25, -0.2) is 14.6 Å². The van der Waals surface area contributed by atoms with Gasteiger partial charge in [0.05, 0.1) is 6.54 Å². The number of likely N-dealkylation sites (N-methyl/N-ethyl adjacent to an activating group) is 1. The summed E-state index contributed by atoms with van der Waals surface area (Å²) in [5, 5.41) is 11.4. The van der Waals surface area contributed by atoms with Crippen LogP contribution in [-0.2, 0) is 12.7 Å². The number of rotatable bonds is 8. The Hall–Kier alpha value is -2.46. The summed E-state index contributed by atoms with van der Waals surface area (Å²) in [6.45, 7) is 6.96. The van der Waals surface area contributed by atoms with Crippen molar-refractivity contribution in [3.8, 4) is 0 Å². The molecule has 0 amide bonds. The Morgan fingerprint density at radius 3 is 2.52 bits per heavy atom. The molecule has 2 aromatic heterocycles. The Labute approximate surface area is 170 Å². The SMILES string of the molecule is CCN(CC)CCNc1nc(C(F)(F)F)nc2c1nnn2Cc1ccccc1Cl. The van der Waals surface area contributed by atoms with Gasteiger partial charge in [0, 0.05) is 18.1 Å². The quantitative estimate of drug-likeness (QED) is 0.591. The van der Waals surface area contributed by atoms with E-state index in [2.05, 4.69) is 30.5 Å². The van der Waals surface area contributed by atoms with E-state index in [1.807, 2.05) is 13.8 Å². The third kappa shape index (κ3) is 4.94. The van der Waals surface area contributed by atoms with E-state index in [0.717, 1.165) is 13.1 Å². The van der Waals surface area contributed by atoms with Crippen molar-refractivity contribution in [3.05, 3.63) is 40.7 Å². The van der Waals surface area contributed by atoms with Crippen molar-refractivity contribution in [2.45, 2.75) is 26.6 Å². The van der Waals surface area contributed by atoms with Crippen molar-refractivity contribution < 1.29 is 13.2 Å². The molecule has 0 spiro atoms. The lowest BCUT2D eigenvalue weighted by molar-refractivity contribution is -0.144. The zero-order valence-electron chi connectivity index (χ0n) is 16.0. The first-order valence-corrected chi connectivity index (χ1v) is 9.59. The first-order valence-electron chi connectivity index (χ1n) is 9.21. The van der Waals surface area contributed by atoms with Gasteiger partial charge in [0.15, 0.2) is 17.0 Å². The van der Waals surface area contributed by atoms with Crippen LogP contribution < -0.4 is 5.32 Å². The van der Waals surface area contributed by atoms with Crippen LogP contribution in [0, 0.1) is 0 Å². The average Bonchev–Trinajstić information content (AvgIpc) is 3.09. The van der Waals surface area contributed by atoms with Crippen LogP contribution >= 0.6 is 11.6 Å². The largest absolute Gasteiger partial charge is 0.451 e. The Morgan fingerprint density at radius 1 is 1.14 bits per heavy atom. The highest BCUT2D eigenvalue weighted by Gasteiger charge is 2.36. The summed E-state index contributed by atoms with van der Waals surface area (Å²) in [5.41, 5.74) is 0.881. The van der Waals surface area contributed by atoms with E-state index < -0.39 is 12.0 Å². The topological polar surface area (TPSA) is 71.8 Å². The molecule has 0 atom stereocenters. The van der Waals surface area contributed by atoms with Gasteiger partial charge in [-0.05, 0) is 24.7 Å². The fourth-order valence-corrected chi connectivity index (χ4v) is 3.07. The molecule has 2 heterocycles. The highest BCUT2D eigenvalue weighted by molar-refractivity contribution is 6.31. The molecule has 0 fully saturated rings. The maximum Gasteiger partial charge on any atom is 0.451 e. The Balaban J connectivity index is 1.96. The lowest BCUT2D eigenvalue weighted by Crippen LogP contribution is -2.29. The van der Waals surface area contributed by atoms with Crippen LogP contribution in [0.25, 0.3) is 11.2 Å². The predicted molar refractivity (Wildman–Crippen MR) is 105 cm³/mol. The minimum atomic E-state index is -4.69. The van der Waals surface area contributed by atoms with Gasteiger partial charge < -0.3 is 10.2 Å². The number of aromatic nitrogens is 5. The maximum atomic E-state index is 13.4. The molecule has 0 saturated carbocycles. The fraction of sp³-hybridized carbons (Fsp3) is 0.444. The van der Waals surface area contributed by atoms with E-state index in [9.17, 15) is 13.2 Å². The molecular weight excluding hydrogens is 407 g/mol. The summed E-state index contributed by atoms with van der Waals surface area (Å²) in [5.74, 6) is -1.22. The van der Waals surface area contributed by atoms with Gasteiger partial charge >= 0.3 is 6.18 Å². The van der Waals surface area contributed by atoms with Gasteiger partial charge in [0.25, 0.3) is 0 Å². The van der Waals surface area contributed by atoms with Gasteiger partial charge in [0.2, 0.25) is 5.82 Å². The van der Waals surface area contributed by atoms with Crippen molar-refractivity contribution in [1.29, 1.82) is 0 Å². The second kappa shape index (κ2) is 8.91. The number of benzene rings is 1. The zero-order valence-corrected chi connectivity index (χ0v) is 16.8. The number of nitrogens with zero attached hydrogens (tertiary/aromatic N) is 6. The standard InChI is InChI=1S/C18H21ClF3N7/c1-3-28(4-2)10-9-23-15-14-16(25-17(24-15)18(20,21)22)29(27-26-14)11-12-7-5-6-8-13(12)19/h5-8H,3-4,9-11H2,1-2H3,(H,23,24,25). The van der Waals surface area contributed by atoms with Crippen molar-refractivity contribution in [3.63, 3.8) is 0 Å². The van der Waals surface area contributed by atoms with E-state index in [1.54, 1.807) is 24.3 Å². The monoisotopic (exact) mass is 427 g/mol. The molecule has 0 unspecified atom stereocenters. The molecule has 11 heteroatoms. The number of hydrogen-bond donors (Lipinski definition) is 1. The molecule has 3 rings (SSSR count). The number of anilines is 1. The normalized spacial score (nSPS) is 12.1. The minimum Gasteiger partial charge on any atom is -0.367 e. The van der Waals surface area contributed by atoms with Gasteiger partial charge in [-0.15, -0.1) is 5.10 Å². The molecule has 0 aliphatic rings. The van der Waals surface area contributed by atoms with Crippen molar-refractivity contribution in [1.82, 2.24) is 29.9 Å². The fourth-order valence-electron chi connectivity index (χ4n) is 2.87. The van der Waals surface area contributed by atoms with Crippen LogP contribution in [0.2, 0.25) is 5.02 Å². The van der Waals surface area contributed by atoms with Gasteiger partial charge in [-0.3, -0.25) is 0 Å². The third-order valence-corrected chi connectivity index (χ3v) is 4.88. The minimum absolute atomic E-state index is 0.00224. The highest BCUT2D eigenvalue weighted by Crippen LogP contribution is 2.30. The average molecular weight is 428 g/mol. The molecule has 7 nitrogen and oxygen atoms in total. The summed E-state index contributed by atoms with van der Waals surface area (Å²) in [6.07, 6.45) is -4.69. The van der Waals surface area contributed by atoms with Crippen LogP contribution in [0.5, 0.6) is 0 Å². The van der Waals surface area contributed by atoms with Crippen LogP contribution in [-0.4, -0.2) is 56.0 Å². The maximum absolute atomic E-state index is 13.4. The second-order valence-electron chi connectivity index (χ2n) is 6.36. The zero-order chi connectivity index (χ0) is 21.0. The molecular formula is C18H21ClF3N7. The number of nitrogens with one attached hydrogen (secondary N) is 1. The number of alkyl halides is 3. The lowest BCUT2D eigenvalue weighted by atomic mass is 10.2. The molecule has 156 valence electrons. The summed E-state index contributed by atoms with van der Waals surface area (Å²) in [7, 11) is 0. The number of halogens is 4. The number of hydrogen-bond acceptors (Lipinski definition) is 6. The molecule has 0 saturated heterocycles. The third-order valence-electron chi connectivity index (χ3n) is 4.51. The smallest absolute Gasteiger partial charge is 0.367 e. The lowest BCUT2D eigenvalue weighted by Gasteiger charge is -2.18. The summed E-state index contributed by atoms with van der Waals surface area (Å²) in [4.78, 5) is 9.47. The molecule has 0 aliphatic heterocycles. The van der Waals surface area contributed by atoms with Gasteiger partial charge in [-0.1, -0.05) is 48.9 Å². The molecule has 1 N–H and O–H groups in total. The molecule has 1 aromatic carbocycles. The van der Waals surface area contributed by atoms with E-state index in [1.165, 1.54) is 4.68 Å². The second-order valence-corrected chi connectivity index (χ2v) is 6.77. The first-order chi connectivity index (χ1) is 13.8. The first kappa shape index (κ1) is 21.3. The molecule has 0 bridgehead atoms. The van der Waals surface area contributed by atoms with Gasteiger partial charge in [-0.2, -0.15) is 13.2 Å². The predicted octanol–water partition coefficient (Wildman–Crippen LogP) is 3.70. The molecule has 3 aromatic rings. The number of fused-ring (bicyclic) bond motifs is 1. The molecule has 29 heavy (non-hydrogen) atoms. The van der Waals surface area contributed by atoms with Crippen LogP contribution in [0.4, 0.5) is 19.0 Å². The van der Waals surface area contributed by atoms with Crippen LogP contribution in [0.1, 0.15) is 25.2 Å². The Kier molecular flexibility index (Phi) is 6.53. The summed E-state index contributed by atoms with van der Waals surface area (Å²) < 4.78 is 41.4. The van der Waals surface area contributed by atoms with Crippen LogP contribution in [0.15, 0.2) is 24.3 Å².